The van der Waals surface area contributed by atoms with Crippen LogP contribution in [0.1, 0.15) is 5.56 Å². The largest absolute Gasteiger partial charge is 0.397 e. The van der Waals surface area contributed by atoms with Gasteiger partial charge in [0, 0.05) is 7.05 Å². The molecule has 2 rings (SSSR count). The van der Waals surface area contributed by atoms with Gasteiger partial charge in [0.05, 0.1) is 11.4 Å². The summed E-state index contributed by atoms with van der Waals surface area (Å²) in [7, 11) is 1.89. The molecule has 0 aliphatic carbocycles. The quantitative estimate of drug-likeness (QED) is 0.750. The number of nitrogens with one attached hydrogen (secondary N) is 1. The molecule has 0 heterocycles. The second-order valence-corrected chi connectivity index (χ2v) is 3.87. The first-order valence-electron chi connectivity index (χ1n) is 5.35. The summed E-state index contributed by atoms with van der Waals surface area (Å²) in [6, 6.07) is 14.4. The van der Waals surface area contributed by atoms with E-state index in [9.17, 15) is 0 Å². The maximum atomic E-state index is 6.01. The fourth-order valence-corrected chi connectivity index (χ4v) is 1.95. The molecule has 2 aromatic rings. The lowest BCUT2D eigenvalue weighted by molar-refractivity contribution is 1.40. The molecule has 0 saturated carbocycles. The average Bonchev–Trinajstić information content (AvgIpc) is 2.30. The van der Waals surface area contributed by atoms with E-state index < -0.39 is 0 Å². The highest BCUT2D eigenvalue weighted by Gasteiger charge is 2.05. The Bertz CT molecular complexity index is 466. The van der Waals surface area contributed by atoms with E-state index in [1.54, 1.807) is 0 Å². The first-order chi connectivity index (χ1) is 7.72. The lowest BCUT2D eigenvalue weighted by Gasteiger charge is -2.11. The number of nitrogen functional groups attached to an aromatic ring is 1. The fraction of sp³-hybridized carbons (Fsp3) is 0.143. The van der Waals surface area contributed by atoms with Crippen LogP contribution in [0.5, 0.6) is 0 Å². The number of aryl methyl sites for hydroxylation is 1. The Morgan fingerprint density at radius 3 is 2.25 bits per heavy atom. The Hall–Kier alpha value is -1.96. The second-order valence-electron chi connectivity index (χ2n) is 3.87. The number of anilines is 2. The summed E-state index contributed by atoms with van der Waals surface area (Å²) < 4.78 is 0. The molecule has 0 unspecified atom stereocenters. The van der Waals surface area contributed by atoms with E-state index in [0.29, 0.717) is 0 Å². The molecule has 0 saturated heterocycles. The smallest absolute Gasteiger partial charge is 0.0601 e. The zero-order valence-corrected chi connectivity index (χ0v) is 9.62. The molecule has 2 heteroatoms. The van der Waals surface area contributed by atoms with Crippen LogP contribution in [-0.2, 0) is 0 Å². The van der Waals surface area contributed by atoms with Gasteiger partial charge in [0.25, 0.3) is 0 Å². The van der Waals surface area contributed by atoms with Crippen molar-refractivity contribution in [2.45, 2.75) is 6.92 Å². The van der Waals surface area contributed by atoms with E-state index in [1.807, 2.05) is 31.3 Å². The first kappa shape index (κ1) is 10.6. The van der Waals surface area contributed by atoms with E-state index in [-0.39, 0.29) is 0 Å². The number of benzene rings is 2. The van der Waals surface area contributed by atoms with Crippen LogP contribution in [0.15, 0.2) is 42.5 Å². The van der Waals surface area contributed by atoms with Crippen LogP contribution in [0.25, 0.3) is 11.1 Å². The standard InChI is InChI=1S/C14H16N2/c1-10-8-12(9-13(15)14(10)16-2)11-6-4-3-5-7-11/h3-9,16H,15H2,1-2H3. The van der Waals surface area contributed by atoms with Crippen molar-refractivity contribution in [3.05, 3.63) is 48.0 Å². The molecular formula is C14H16N2. The molecule has 16 heavy (non-hydrogen) atoms. The van der Waals surface area contributed by atoms with Gasteiger partial charge in [-0.25, -0.2) is 0 Å². The van der Waals surface area contributed by atoms with Gasteiger partial charge in [0.2, 0.25) is 0 Å². The van der Waals surface area contributed by atoms with Gasteiger partial charge < -0.3 is 11.1 Å². The zero-order valence-electron chi connectivity index (χ0n) is 9.62. The van der Waals surface area contributed by atoms with E-state index in [4.69, 9.17) is 5.73 Å². The summed E-state index contributed by atoms with van der Waals surface area (Å²) in [6.45, 7) is 2.06. The van der Waals surface area contributed by atoms with Crippen LogP contribution in [-0.4, -0.2) is 7.05 Å². The second kappa shape index (κ2) is 4.27. The van der Waals surface area contributed by atoms with Crippen molar-refractivity contribution in [3.8, 4) is 11.1 Å². The Labute approximate surface area is 96.1 Å². The summed E-state index contributed by atoms with van der Waals surface area (Å²) in [4.78, 5) is 0. The molecule has 0 spiro atoms. The minimum Gasteiger partial charge on any atom is -0.397 e. The minimum atomic E-state index is 0.793. The van der Waals surface area contributed by atoms with Crippen LogP contribution in [0.2, 0.25) is 0 Å². The Morgan fingerprint density at radius 1 is 1.00 bits per heavy atom. The third-order valence-corrected chi connectivity index (χ3v) is 2.72. The Morgan fingerprint density at radius 2 is 1.69 bits per heavy atom. The lowest BCUT2D eigenvalue weighted by atomic mass is 10.0. The van der Waals surface area contributed by atoms with Crippen molar-refractivity contribution < 1.29 is 0 Å². The molecule has 0 aliphatic heterocycles. The normalized spacial score (nSPS) is 10.1. The van der Waals surface area contributed by atoms with Gasteiger partial charge in [0.15, 0.2) is 0 Å². The van der Waals surface area contributed by atoms with Crippen LogP contribution < -0.4 is 11.1 Å². The molecule has 2 nitrogen and oxygen atoms in total. The molecule has 0 aliphatic rings. The molecule has 82 valence electrons. The van der Waals surface area contributed by atoms with Crippen molar-refractivity contribution in [1.82, 2.24) is 0 Å². The van der Waals surface area contributed by atoms with Crippen LogP contribution in [0, 0.1) is 6.92 Å². The van der Waals surface area contributed by atoms with Gasteiger partial charge in [-0.3, -0.25) is 0 Å². The molecule has 3 N–H and O–H groups in total. The van der Waals surface area contributed by atoms with E-state index >= 15 is 0 Å². The highest BCUT2D eigenvalue weighted by atomic mass is 14.9. The van der Waals surface area contributed by atoms with Crippen molar-refractivity contribution >= 4 is 11.4 Å². The zero-order chi connectivity index (χ0) is 11.5. The lowest BCUT2D eigenvalue weighted by Crippen LogP contribution is -1.98. The predicted octanol–water partition coefficient (Wildman–Crippen LogP) is 3.29. The summed E-state index contributed by atoms with van der Waals surface area (Å²) in [6.07, 6.45) is 0. The number of hydrogen-bond donors (Lipinski definition) is 2. The van der Waals surface area contributed by atoms with E-state index in [1.165, 1.54) is 11.1 Å². The Kier molecular flexibility index (Phi) is 2.82. The average molecular weight is 212 g/mol. The monoisotopic (exact) mass is 212 g/mol. The summed E-state index contributed by atoms with van der Waals surface area (Å²) in [5.74, 6) is 0. The van der Waals surface area contributed by atoms with Gasteiger partial charge >= 0.3 is 0 Å². The van der Waals surface area contributed by atoms with Crippen molar-refractivity contribution in [2.75, 3.05) is 18.1 Å². The molecule has 0 amide bonds. The third-order valence-electron chi connectivity index (χ3n) is 2.72. The van der Waals surface area contributed by atoms with Crippen LogP contribution in [0.4, 0.5) is 11.4 Å². The molecule has 0 radical (unpaired) electrons. The molecule has 2 aromatic carbocycles. The van der Waals surface area contributed by atoms with Crippen molar-refractivity contribution in [1.29, 1.82) is 0 Å². The van der Waals surface area contributed by atoms with Crippen molar-refractivity contribution in [2.24, 2.45) is 0 Å². The maximum absolute atomic E-state index is 6.01. The number of hydrogen-bond acceptors (Lipinski definition) is 2. The third kappa shape index (κ3) is 1.87. The fourth-order valence-electron chi connectivity index (χ4n) is 1.95. The highest BCUT2D eigenvalue weighted by molar-refractivity contribution is 5.78. The molecule has 0 fully saturated rings. The van der Waals surface area contributed by atoms with Gasteiger partial charge in [-0.05, 0) is 35.7 Å². The number of rotatable bonds is 2. The topological polar surface area (TPSA) is 38.0 Å². The molecular weight excluding hydrogens is 196 g/mol. The molecule has 0 atom stereocenters. The number of nitrogens with two attached hydrogens (primary N) is 1. The molecule has 0 aromatic heterocycles. The van der Waals surface area contributed by atoms with E-state index in [2.05, 4.69) is 30.4 Å². The SMILES string of the molecule is CNc1c(C)cc(-c2ccccc2)cc1N. The van der Waals surface area contributed by atoms with Crippen LogP contribution in [0.3, 0.4) is 0 Å². The minimum absolute atomic E-state index is 0.793. The first-order valence-corrected chi connectivity index (χ1v) is 5.35. The van der Waals surface area contributed by atoms with Crippen molar-refractivity contribution in [3.63, 3.8) is 0 Å². The predicted molar refractivity (Wildman–Crippen MR) is 70.6 cm³/mol. The van der Waals surface area contributed by atoms with Gasteiger partial charge in [-0.1, -0.05) is 30.3 Å². The Balaban J connectivity index is 2.53. The molecule has 0 bridgehead atoms. The van der Waals surface area contributed by atoms with Gasteiger partial charge in [-0.15, -0.1) is 0 Å². The summed E-state index contributed by atoms with van der Waals surface area (Å²) in [5, 5.41) is 3.12. The van der Waals surface area contributed by atoms with E-state index in [0.717, 1.165) is 16.9 Å². The van der Waals surface area contributed by atoms with Gasteiger partial charge in [0.1, 0.15) is 0 Å². The summed E-state index contributed by atoms with van der Waals surface area (Å²) >= 11 is 0. The highest BCUT2D eigenvalue weighted by Crippen LogP contribution is 2.30. The van der Waals surface area contributed by atoms with Crippen LogP contribution >= 0.6 is 0 Å². The van der Waals surface area contributed by atoms with Gasteiger partial charge in [-0.2, -0.15) is 0 Å². The maximum Gasteiger partial charge on any atom is 0.0601 e. The summed E-state index contributed by atoms with van der Waals surface area (Å²) in [5.41, 5.74) is 11.3.